The van der Waals surface area contributed by atoms with Gasteiger partial charge in [-0.2, -0.15) is 0 Å². The third-order valence-electron chi connectivity index (χ3n) is 3.51. The third kappa shape index (κ3) is 2.88. The van der Waals surface area contributed by atoms with Crippen LogP contribution in [0.15, 0.2) is 45.3 Å². The van der Waals surface area contributed by atoms with Crippen LogP contribution >= 0.6 is 15.9 Å². The molecule has 122 valence electrons. The maximum atomic E-state index is 13.8. The highest BCUT2D eigenvalue weighted by Gasteiger charge is 2.20. The number of nitrogens with one attached hydrogen (secondary N) is 1. The van der Waals surface area contributed by atoms with Gasteiger partial charge in [0.2, 0.25) is 0 Å². The largest absolute Gasteiger partial charge is 0.451 e. The summed E-state index contributed by atoms with van der Waals surface area (Å²) >= 11 is 3.34. The summed E-state index contributed by atoms with van der Waals surface area (Å²) in [4.78, 5) is 22.5. The number of furan rings is 1. The SMILES string of the molecule is Cc1c(C(=O)Nc2cc([N+](=O)[O-])ccc2F)oc2ccc(Br)cc12. The Kier molecular flexibility index (Phi) is 4.06. The molecule has 1 aromatic heterocycles. The number of carbonyl (C=O) groups excluding carboxylic acids is 1. The molecule has 8 heteroatoms. The van der Waals surface area contributed by atoms with Crippen molar-refractivity contribution in [1.29, 1.82) is 0 Å². The number of halogens is 2. The van der Waals surface area contributed by atoms with Crippen LogP contribution in [0.4, 0.5) is 15.8 Å². The fourth-order valence-electron chi connectivity index (χ4n) is 2.31. The predicted octanol–water partition coefficient (Wildman–Crippen LogP) is 4.80. The van der Waals surface area contributed by atoms with Crippen LogP contribution in [0.2, 0.25) is 0 Å². The van der Waals surface area contributed by atoms with Gasteiger partial charge in [-0.15, -0.1) is 0 Å². The Morgan fingerprint density at radius 1 is 1.29 bits per heavy atom. The summed E-state index contributed by atoms with van der Waals surface area (Å²) in [7, 11) is 0. The first-order chi connectivity index (χ1) is 11.4. The minimum atomic E-state index is -0.773. The number of fused-ring (bicyclic) bond motifs is 1. The highest BCUT2D eigenvalue weighted by molar-refractivity contribution is 9.10. The Bertz CT molecular complexity index is 984. The standard InChI is InChI=1S/C16H10BrFN2O4/c1-8-11-6-9(17)2-5-14(11)24-15(8)16(21)19-13-7-10(20(22)23)3-4-12(13)18/h2-7H,1H3,(H,19,21). The molecule has 2 aromatic carbocycles. The maximum absolute atomic E-state index is 13.8. The van der Waals surface area contributed by atoms with Crippen LogP contribution in [0.3, 0.4) is 0 Å². The Labute approximate surface area is 143 Å². The zero-order valence-electron chi connectivity index (χ0n) is 12.3. The molecule has 6 nitrogen and oxygen atoms in total. The quantitative estimate of drug-likeness (QED) is 0.512. The van der Waals surface area contributed by atoms with E-state index in [-0.39, 0.29) is 17.1 Å². The van der Waals surface area contributed by atoms with Crippen LogP contribution < -0.4 is 5.32 Å². The molecule has 1 N–H and O–H groups in total. The molecule has 0 bridgehead atoms. The maximum Gasteiger partial charge on any atom is 0.291 e. The van der Waals surface area contributed by atoms with Crippen molar-refractivity contribution in [3.05, 3.63) is 68.1 Å². The lowest BCUT2D eigenvalue weighted by Gasteiger charge is -2.05. The van der Waals surface area contributed by atoms with Crippen LogP contribution in [0.25, 0.3) is 11.0 Å². The number of benzene rings is 2. The molecule has 1 amide bonds. The van der Waals surface area contributed by atoms with Crippen molar-refractivity contribution in [3.63, 3.8) is 0 Å². The molecule has 3 rings (SSSR count). The number of non-ortho nitro benzene ring substituents is 1. The summed E-state index contributed by atoms with van der Waals surface area (Å²) < 4.78 is 20.1. The summed E-state index contributed by atoms with van der Waals surface area (Å²) in [6.07, 6.45) is 0. The molecule has 0 saturated heterocycles. The molecular formula is C16H10BrFN2O4. The van der Waals surface area contributed by atoms with E-state index in [1.54, 1.807) is 25.1 Å². The molecule has 0 spiro atoms. The first-order valence-corrected chi connectivity index (χ1v) is 7.60. The number of hydrogen-bond donors (Lipinski definition) is 1. The van der Waals surface area contributed by atoms with Gasteiger partial charge in [0.1, 0.15) is 11.4 Å². The first kappa shape index (κ1) is 16.1. The molecule has 0 aliphatic rings. The molecule has 0 unspecified atom stereocenters. The van der Waals surface area contributed by atoms with E-state index in [9.17, 15) is 19.3 Å². The van der Waals surface area contributed by atoms with E-state index in [0.29, 0.717) is 11.1 Å². The summed E-state index contributed by atoms with van der Waals surface area (Å²) in [5, 5.41) is 13.8. The highest BCUT2D eigenvalue weighted by Crippen LogP contribution is 2.29. The topological polar surface area (TPSA) is 85.4 Å². The molecule has 1 heterocycles. The van der Waals surface area contributed by atoms with E-state index < -0.39 is 16.6 Å². The van der Waals surface area contributed by atoms with Crippen molar-refractivity contribution in [2.24, 2.45) is 0 Å². The lowest BCUT2D eigenvalue weighted by molar-refractivity contribution is -0.384. The number of amides is 1. The molecule has 24 heavy (non-hydrogen) atoms. The van der Waals surface area contributed by atoms with Gasteiger partial charge in [0.05, 0.1) is 10.6 Å². The number of nitro benzene ring substituents is 1. The lowest BCUT2D eigenvalue weighted by atomic mass is 10.1. The van der Waals surface area contributed by atoms with Crippen LogP contribution in [-0.2, 0) is 0 Å². The highest BCUT2D eigenvalue weighted by atomic mass is 79.9. The molecule has 0 atom stereocenters. The number of anilines is 1. The minimum Gasteiger partial charge on any atom is -0.451 e. The monoisotopic (exact) mass is 392 g/mol. The van der Waals surface area contributed by atoms with E-state index in [1.807, 2.05) is 0 Å². The summed E-state index contributed by atoms with van der Waals surface area (Å²) in [6.45, 7) is 1.71. The smallest absolute Gasteiger partial charge is 0.291 e. The van der Waals surface area contributed by atoms with Gasteiger partial charge >= 0.3 is 0 Å². The second kappa shape index (κ2) is 6.04. The number of aryl methyl sites for hydroxylation is 1. The Morgan fingerprint density at radius 2 is 2.04 bits per heavy atom. The van der Waals surface area contributed by atoms with Gasteiger partial charge in [-0.1, -0.05) is 15.9 Å². The molecular weight excluding hydrogens is 383 g/mol. The Balaban J connectivity index is 1.97. The van der Waals surface area contributed by atoms with Gasteiger partial charge in [0, 0.05) is 27.6 Å². The fourth-order valence-corrected chi connectivity index (χ4v) is 2.67. The molecule has 0 saturated carbocycles. The van der Waals surface area contributed by atoms with Gasteiger partial charge in [-0.25, -0.2) is 4.39 Å². The average Bonchev–Trinajstić information content (AvgIpc) is 2.86. The van der Waals surface area contributed by atoms with E-state index >= 15 is 0 Å². The summed E-state index contributed by atoms with van der Waals surface area (Å²) in [5.74, 6) is -1.43. The fraction of sp³-hybridized carbons (Fsp3) is 0.0625. The van der Waals surface area contributed by atoms with Gasteiger partial charge < -0.3 is 9.73 Å². The second-order valence-electron chi connectivity index (χ2n) is 5.07. The minimum absolute atomic E-state index is 0.0222. The molecule has 0 radical (unpaired) electrons. The Morgan fingerprint density at radius 3 is 2.75 bits per heavy atom. The Hall–Kier alpha value is -2.74. The molecule has 3 aromatic rings. The van der Waals surface area contributed by atoms with Crippen molar-refractivity contribution in [2.45, 2.75) is 6.92 Å². The predicted molar refractivity (Wildman–Crippen MR) is 89.7 cm³/mol. The zero-order chi connectivity index (χ0) is 17.4. The van der Waals surface area contributed by atoms with Gasteiger partial charge in [-0.3, -0.25) is 14.9 Å². The van der Waals surface area contributed by atoms with E-state index in [1.165, 1.54) is 0 Å². The number of hydrogen-bond acceptors (Lipinski definition) is 4. The number of carbonyl (C=O) groups is 1. The van der Waals surface area contributed by atoms with E-state index in [0.717, 1.165) is 28.1 Å². The van der Waals surface area contributed by atoms with Crippen molar-refractivity contribution in [1.82, 2.24) is 0 Å². The van der Waals surface area contributed by atoms with E-state index in [4.69, 9.17) is 4.42 Å². The molecule has 0 aliphatic heterocycles. The van der Waals surface area contributed by atoms with E-state index in [2.05, 4.69) is 21.2 Å². The normalized spacial score (nSPS) is 10.8. The first-order valence-electron chi connectivity index (χ1n) is 6.81. The van der Waals surface area contributed by atoms with Gasteiger partial charge in [-0.05, 0) is 31.2 Å². The summed E-state index contributed by atoms with van der Waals surface area (Å²) in [5.41, 5.74) is 0.502. The van der Waals surface area contributed by atoms with Crippen LogP contribution in [0.1, 0.15) is 16.1 Å². The summed E-state index contributed by atoms with van der Waals surface area (Å²) in [6, 6.07) is 8.19. The number of rotatable bonds is 3. The van der Waals surface area contributed by atoms with Crippen molar-refractivity contribution in [3.8, 4) is 0 Å². The van der Waals surface area contributed by atoms with Gasteiger partial charge in [0.15, 0.2) is 5.76 Å². The number of nitrogens with zero attached hydrogens (tertiary/aromatic N) is 1. The number of nitro groups is 1. The van der Waals surface area contributed by atoms with Crippen LogP contribution in [0, 0.1) is 22.9 Å². The van der Waals surface area contributed by atoms with Crippen molar-refractivity contribution >= 4 is 44.2 Å². The molecule has 0 fully saturated rings. The molecule has 0 aliphatic carbocycles. The third-order valence-corrected chi connectivity index (χ3v) is 4.01. The average molecular weight is 393 g/mol. The van der Waals surface area contributed by atoms with Crippen LogP contribution in [0.5, 0.6) is 0 Å². The second-order valence-corrected chi connectivity index (χ2v) is 5.99. The zero-order valence-corrected chi connectivity index (χ0v) is 13.9. The van der Waals surface area contributed by atoms with Crippen molar-refractivity contribution < 1.29 is 18.5 Å². The van der Waals surface area contributed by atoms with Crippen molar-refractivity contribution in [2.75, 3.05) is 5.32 Å². The van der Waals surface area contributed by atoms with Crippen LogP contribution in [-0.4, -0.2) is 10.8 Å². The lowest BCUT2D eigenvalue weighted by Crippen LogP contribution is -2.13. The van der Waals surface area contributed by atoms with Gasteiger partial charge in [0.25, 0.3) is 11.6 Å².